The van der Waals surface area contributed by atoms with Crippen LogP contribution >= 0.6 is 11.3 Å². The maximum absolute atomic E-state index is 13.3. The van der Waals surface area contributed by atoms with E-state index in [0.717, 1.165) is 5.56 Å². The molecule has 6 nitrogen and oxygen atoms in total. The van der Waals surface area contributed by atoms with Crippen LogP contribution in [-0.2, 0) is 7.05 Å². The summed E-state index contributed by atoms with van der Waals surface area (Å²) in [5.41, 5.74) is 1.52. The Hall–Kier alpha value is -2.87. The van der Waals surface area contributed by atoms with Crippen LogP contribution in [0.15, 0.2) is 45.6 Å². The van der Waals surface area contributed by atoms with E-state index in [0.29, 0.717) is 23.0 Å². The van der Waals surface area contributed by atoms with E-state index in [-0.39, 0.29) is 11.7 Å². The van der Waals surface area contributed by atoms with Crippen LogP contribution in [0.1, 0.15) is 0 Å². The molecule has 0 amide bonds. The highest BCUT2D eigenvalue weighted by molar-refractivity contribution is 7.08. The first-order valence-corrected chi connectivity index (χ1v) is 7.68. The maximum Gasteiger partial charge on any atom is 0.296 e. The molecule has 0 aliphatic rings. The average molecular weight is 327 g/mol. The van der Waals surface area contributed by atoms with Gasteiger partial charge >= 0.3 is 0 Å². The predicted molar refractivity (Wildman–Crippen MR) is 83.0 cm³/mol. The van der Waals surface area contributed by atoms with Gasteiger partial charge < -0.3 is 9.09 Å². The second kappa shape index (κ2) is 5.40. The zero-order valence-corrected chi connectivity index (χ0v) is 12.8. The monoisotopic (exact) mass is 327 g/mol. The topological polar surface area (TPSA) is 69.6 Å². The third kappa shape index (κ3) is 2.42. The van der Waals surface area contributed by atoms with Crippen LogP contribution < -0.4 is 0 Å². The molecule has 0 aliphatic carbocycles. The molecular weight excluding hydrogens is 317 g/mol. The Bertz CT molecular complexity index is 960. The van der Waals surface area contributed by atoms with E-state index in [1.54, 1.807) is 28.0 Å². The summed E-state index contributed by atoms with van der Waals surface area (Å²) in [6.45, 7) is 0. The molecule has 23 heavy (non-hydrogen) atoms. The summed E-state index contributed by atoms with van der Waals surface area (Å²) in [4.78, 5) is 4.28. The highest BCUT2D eigenvalue weighted by atomic mass is 32.1. The fourth-order valence-corrected chi connectivity index (χ4v) is 2.85. The molecule has 0 atom stereocenters. The Kier molecular flexibility index (Phi) is 3.23. The quantitative estimate of drug-likeness (QED) is 0.577. The molecular formula is C15H10FN5OS. The van der Waals surface area contributed by atoms with E-state index in [9.17, 15) is 4.39 Å². The van der Waals surface area contributed by atoms with Gasteiger partial charge in [-0.15, -0.1) is 10.2 Å². The van der Waals surface area contributed by atoms with Crippen molar-refractivity contribution < 1.29 is 8.91 Å². The molecule has 4 aromatic rings. The van der Waals surface area contributed by atoms with Gasteiger partial charge in [-0.3, -0.25) is 0 Å². The van der Waals surface area contributed by atoms with Crippen molar-refractivity contribution in [1.82, 2.24) is 24.9 Å². The predicted octanol–water partition coefficient (Wildman–Crippen LogP) is 3.40. The van der Waals surface area contributed by atoms with Crippen molar-refractivity contribution in [2.75, 3.05) is 0 Å². The zero-order valence-electron chi connectivity index (χ0n) is 12.0. The largest absolute Gasteiger partial charge is 0.330 e. The van der Waals surface area contributed by atoms with Gasteiger partial charge in [0.15, 0.2) is 5.82 Å². The van der Waals surface area contributed by atoms with Crippen molar-refractivity contribution in [1.29, 1.82) is 0 Å². The zero-order chi connectivity index (χ0) is 15.8. The van der Waals surface area contributed by atoms with Gasteiger partial charge in [0.1, 0.15) is 5.82 Å². The van der Waals surface area contributed by atoms with Gasteiger partial charge in [0.25, 0.3) is 5.89 Å². The molecule has 3 heterocycles. The summed E-state index contributed by atoms with van der Waals surface area (Å²) in [7, 11) is 1.83. The van der Waals surface area contributed by atoms with E-state index in [4.69, 9.17) is 4.52 Å². The molecule has 4 rings (SSSR count). The standard InChI is InChI=1S/C15H10FN5OS/c1-21-13(10-5-6-23-8-10)18-19-14(21)15-17-12(20-22-15)9-3-2-4-11(16)7-9/h2-8H,1H3. The molecule has 0 unspecified atom stereocenters. The Morgan fingerprint density at radius 3 is 2.78 bits per heavy atom. The summed E-state index contributed by atoms with van der Waals surface area (Å²) < 4.78 is 20.3. The Balaban J connectivity index is 1.73. The van der Waals surface area contributed by atoms with Crippen LogP contribution in [-0.4, -0.2) is 24.9 Å². The highest BCUT2D eigenvalue weighted by Gasteiger charge is 2.19. The number of hydrogen-bond acceptors (Lipinski definition) is 6. The molecule has 114 valence electrons. The van der Waals surface area contributed by atoms with E-state index in [1.165, 1.54) is 12.1 Å². The fourth-order valence-electron chi connectivity index (χ4n) is 2.22. The molecule has 0 aliphatic heterocycles. The summed E-state index contributed by atoms with van der Waals surface area (Å²) in [6, 6.07) is 7.98. The number of halogens is 1. The summed E-state index contributed by atoms with van der Waals surface area (Å²) >= 11 is 1.58. The number of benzene rings is 1. The SMILES string of the molecule is Cn1c(-c2ccsc2)nnc1-c1nc(-c2cccc(F)c2)no1. The normalized spacial score (nSPS) is 11.0. The van der Waals surface area contributed by atoms with Crippen molar-refractivity contribution in [2.24, 2.45) is 7.05 Å². The molecule has 3 aromatic heterocycles. The molecule has 0 N–H and O–H groups in total. The first kappa shape index (κ1) is 13.8. The van der Waals surface area contributed by atoms with Crippen molar-refractivity contribution in [3.05, 3.63) is 46.9 Å². The van der Waals surface area contributed by atoms with Crippen molar-refractivity contribution in [3.8, 4) is 34.5 Å². The molecule has 0 saturated heterocycles. The summed E-state index contributed by atoms with van der Waals surface area (Å²) in [5, 5.41) is 16.1. The van der Waals surface area contributed by atoms with Crippen LogP contribution in [0.25, 0.3) is 34.5 Å². The lowest BCUT2D eigenvalue weighted by Gasteiger charge is -1.98. The molecule has 0 spiro atoms. The van der Waals surface area contributed by atoms with Gasteiger partial charge in [0.2, 0.25) is 11.6 Å². The van der Waals surface area contributed by atoms with E-state index < -0.39 is 0 Å². The number of nitrogens with zero attached hydrogens (tertiary/aromatic N) is 5. The van der Waals surface area contributed by atoms with Gasteiger partial charge in [0.05, 0.1) is 0 Å². The summed E-state index contributed by atoms with van der Waals surface area (Å²) in [6.07, 6.45) is 0. The molecule has 0 saturated carbocycles. The van der Waals surface area contributed by atoms with Crippen molar-refractivity contribution in [3.63, 3.8) is 0 Å². The first-order chi connectivity index (χ1) is 11.2. The van der Waals surface area contributed by atoms with Crippen LogP contribution in [0.3, 0.4) is 0 Å². The van der Waals surface area contributed by atoms with Gasteiger partial charge in [0, 0.05) is 23.6 Å². The van der Waals surface area contributed by atoms with Gasteiger partial charge in [-0.1, -0.05) is 17.3 Å². The number of aromatic nitrogens is 5. The third-order valence-corrected chi connectivity index (χ3v) is 4.04. The van der Waals surface area contributed by atoms with Gasteiger partial charge in [-0.25, -0.2) is 4.39 Å². The molecule has 0 radical (unpaired) electrons. The minimum absolute atomic E-state index is 0.237. The average Bonchev–Trinajstić information content (AvgIpc) is 3.27. The lowest BCUT2D eigenvalue weighted by atomic mass is 10.2. The Morgan fingerprint density at radius 1 is 1.13 bits per heavy atom. The second-order valence-electron chi connectivity index (χ2n) is 4.85. The minimum Gasteiger partial charge on any atom is -0.330 e. The lowest BCUT2D eigenvalue weighted by Crippen LogP contribution is -1.95. The third-order valence-electron chi connectivity index (χ3n) is 3.35. The smallest absolute Gasteiger partial charge is 0.296 e. The van der Waals surface area contributed by atoms with Crippen molar-refractivity contribution in [2.45, 2.75) is 0 Å². The second-order valence-corrected chi connectivity index (χ2v) is 5.63. The number of thiophene rings is 1. The van der Waals surface area contributed by atoms with Crippen LogP contribution in [0.2, 0.25) is 0 Å². The molecule has 0 bridgehead atoms. The van der Waals surface area contributed by atoms with E-state index >= 15 is 0 Å². The highest BCUT2D eigenvalue weighted by Crippen LogP contribution is 2.25. The molecule has 1 aromatic carbocycles. The van der Waals surface area contributed by atoms with Gasteiger partial charge in [-0.05, 0) is 23.6 Å². The lowest BCUT2D eigenvalue weighted by molar-refractivity contribution is 0.428. The number of rotatable bonds is 3. The fraction of sp³-hybridized carbons (Fsp3) is 0.0667. The minimum atomic E-state index is -0.354. The summed E-state index contributed by atoms with van der Waals surface area (Å²) in [5.74, 6) is 1.36. The first-order valence-electron chi connectivity index (χ1n) is 6.74. The van der Waals surface area contributed by atoms with E-state index in [1.807, 2.05) is 23.9 Å². The van der Waals surface area contributed by atoms with Gasteiger partial charge in [-0.2, -0.15) is 16.3 Å². The number of hydrogen-bond donors (Lipinski definition) is 0. The van der Waals surface area contributed by atoms with Crippen LogP contribution in [0.4, 0.5) is 4.39 Å². The van der Waals surface area contributed by atoms with E-state index in [2.05, 4.69) is 20.3 Å². The van der Waals surface area contributed by atoms with Crippen molar-refractivity contribution >= 4 is 11.3 Å². The maximum atomic E-state index is 13.3. The Labute approximate surface area is 134 Å². The van der Waals surface area contributed by atoms with Crippen LogP contribution in [0, 0.1) is 5.82 Å². The van der Waals surface area contributed by atoms with Crippen LogP contribution in [0.5, 0.6) is 0 Å². The molecule has 0 fully saturated rings. The molecule has 8 heteroatoms. The Morgan fingerprint density at radius 2 is 2.00 bits per heavy atom.